The molecule has 16 nitrogen and oxygen atoms in total. The van der Waals surface area contributed by atoms with Crippen molar-refractivity contribution in [2.75, 3.05) is 39.6 Å². The average Bonchev–Trinajstić information content (AvgIpc) is 0.902. The molecule has 109 heavy (non-hydrogen) atoms. The van der Waals surface area contributed by atoms with Crippen molar-refractivity contribution in [3.8, 4) is 0 Å². The molecule has 0 amide bonds. The average molecular weight is 1560 g/mol. The molecular formula is C91H150O16P2. The summed E-state index contributed by atoms with van der Waals surface area (Å²) in [5.41, 5.74) is 0. The first-order valence-electron chi connectivity index (χ1n) is 42.1. The highest BCUT2D eigenvalue weighted by molar-refractivity contribution is 7.47. The van der Waals surface area contributed by atoms with E-state index in [0.717, 1.165) is 180 Å². The second-order valence-corrected chi connectivity index (χ2v) is 30.4. The van der Waals surface area contributed by atoms with Crippen LogP contribution in [0.5, 0.6) is 0 Å². The zero-order chi connectivity index (χ0) is 79.4. The number of carbonyl (C=O) groups excluding carboxylic acids is 3. The Morgan fingerprint density at radius 3 is 0.734 bits per heavy atom. The summed E-state index contributed by atoms with van der Waals surface area (Å²) >= 11 is 0. The number of carbonyl (C=O) groups is 3. The third-order valence-electron chi connectivity index (χ3n) is 17.1. The molecular weight excluding hydrogens is 1410 g/mol. The van der Waals surface area contributed by atoms with E-state index in [2.05, 4.69) is 203 Å². The third kappa shape index (κ3) is 83.4. The highest BCUT2D eigenvalue weighted by Gasteiger charge is 2.29. The zero-order valence-corrected chi connectivity index (χ0v) is 69.7. The number of allylic oxidation sites excluding steroid dienone is 30. The lowest BCUT2D eigenvalue weighted by atomic mass is 10.0. The van der Waals surface area contributed by atoms with Crippen LogP contribution < -0.4 is 0 Å². The number of ether oxygens (including phenoxy) is 3. The minimum atomic E-state index is -4.95. The maximum Gasteiger partial charge on any atom is 0.472 e. The molecule has 0 radical (unpaired) electrons. The van der Waals surface area contributed by atoms with Gasteiger partial charge in [-0.25, -0.2) is 9.13 Å². The van der Waals surface area contributed by atoms with Crippen molar-refractivity contribution in [1.29, 1.82) is 0 Å². The Bertz CT molecular complexity index is 2710. The van der Waals surface area contributed by atoms with Crippen LogP contribution in [0, 0.1) is 0 Å². The summed E-state index contributed by atoms with van der Waals surface area (Å²) in [6.45, 7) is 2.29. The molecule has 5 unspecified atom stereocenters. The number of unbranched alkanes of at least 4 members (excludes halogenated alkanes) is 25. The summed E-state index contributed by atoms with van der Waals surface area (Å²) in [5, 5.41) is 20.7. The predicted octanol–water partition coefficient (Wildman–Crippen LogP) is 25.3. The van der Waals surface area contributed by atoms with Crippen molar-refractivity contribution in [2.45, 2.75) is 334 Å². The van der Waals surface area contributed by atoms with Gasteiger partial charge in [-0.1, -0.05) is 325 Å². The summed E-state index contributed by atoms with van der Waals surface area (Å²) in [6.07, 6.45) is 107. The lowest BCUT2D eigenvalue weighted by molar-refractivity contribution is -0.161. The minimum absolute atomic E-state index is 0.0564. The molecule has 0 saturated heterocycles. The highest BCUT2D eigenvalue weighted by atomic mass is 31.2. The van der Waals surface area contributed by atoms with Crippen LogP contribution in [0.25, 0.3) is 0 Å². The van der Waals surface area contributed by atoms with E-state index in [-0.39, 0.29) is 19.3 Å². The molecule has 0 rings (SSSR count). The fraction of sp³-hybridized carbons (Fsp3) is 0.637. The van der Waals surface area contributed by atoms with Crippen LogP contribution in [0.15, 0.2) is 182 Å². The van der Waals surface area contributed by atoms with Crippen LogP contribution in [0.4, 0.5) is 0 Å². The number of aliphatic hydroxyl groups excluding tert-OH is 2. The predicted molar refractivity (Wildman–Crippen MR) is 454 cm³/mol. The molecule has 0 aliphatic carbocycles. The van der Waals surface area contributed by atoms with Crippen LogP contribution in [-0.4, -0.2) is 95.9 Å². The van der Waals surface area contributed by atoms with Crippen molar-refractivity contribution in [1.82, 2.24) is 0 Å². The highest BCUT2D eigenvalue weighted by Crippen LogP contribution is 2.45. The van der Waals surface area contributed by atoms with Gasteiger partial charge < -0.3 is 34.2 Å². The molecule has 5 atom stereocenters. The zero-order valence-electron chi connectivity index (χ0n) is 67.9. The fourth-order valence-corrected chi connectivity index (χ4v) is 12.4. The first kappa shape index (κ1) is 104. The summed E-state index contributed by atoms with van der Waals surface area (Å²) in [5.74, 6) is -1.63. The van der Waals surface area contributed by atoms with Crippen molar-refractivity contribution >= 4 is 33.6 Å². The number of aliphatic hydroxyl groups is 2. The second kappa shape index (κ2) is 82.1. The van der Waals surface area contributed by atoms with E-state index in [9.17, 15) is 43.5 Å². The van der Waals surface area contributed by atoms with E-state index in [0.29, 0.717) is 19.3 Å². The van der Waals surface area contributed by atoms with Crippen molar-refractivity contribution in [2.24, 2.45) is 0 Å². The van der Waals surface area contributed by atoms with Crippen LogP contribution in [-0.2, 0) is 55.8 Å². The molecule has 0 heterocycles. The van der Waals surface area contributed by atoms with E-state index in [1.807, 2.05) is 0 Å². The van der Waals surface area contributed by atoms with Gasteiger partial charge in [0, 0.05) is 19.3 Å². The monoisotopic (exact) mass is 1560 g/mol. The topological polar surface area (TPSA) is 231 Å². The molecule has 4 N–H and O–H groups in total. The Morgan fingerprint density at radius 2 is 0.459 bits per heavy atom. The van der Waals surface area contributed by atoms with Crippen LogP contribution in [0.2, 0.25) is 0 Å². The van der Waals surface area contributed by atoms with E-state index < -0.39 is 91.5 Å². The quantitative estimate of drug-likeness (QED) is 0.0146. The number of esters is 3. The maximum absolute atomic E-state index is 13.0. The van der Waals surface area contributed by atoms with Crippen LogP contribution >= 0.6 is 15.6 Å². The molecule has 620 valence electrons. The standard InChI is InChI=1S/C91H150O16P2/c1-4-7-10-13-16-19-22-25-28-31-34-36-38-39-40-41-42-43-44-45-47-49-51-53-56-59-62-65-68-71-74-77-89(94)101-80-86(92)81-103-108(97,98)104-82-87(93)83-105-109(99,100)106-85-88(107-91(96)79-76-73-70-67-64-61-58-55-50-33-30-27-24-21-18-15-12-9-6-3)84-102-90(95)78-75-72-69-66-63-60-57-54-52-48-46-37-35-32-29-26-23-20-17-14-11-8-5-2/h7-12,16-21,25-30,34-37,39-40,48,50,52,55,61,64,86-88,92-93H,4-6,13-15,22-24,31-33,38,41-47,49,51,53-54,56-60,62-63,65-85H2,1-3H3,(H,97,98)(H,99,100)/b10-7-,11-8-,12-9-,19-16-,20-17-,21-18-,28-25-,29-26-,30-27-,36-34-,37-35-,40-39-,52-48-,55-50-,64-61-. The lowest BCUT2D eigenvalue weighted by Gasteiger charge is -2.21. The van der Waals surface area contributed by atoms with Gasteiger partial charge >= 0.3 is 33.6 Å². The normalized spacial score (nSPS) is 14.8. The number of phosphoric acid groups is 2. The largest absolute Gasteiger partial charge is 0.472 e. The Hall–Kier alpha value is -5.35. The van der Waals surface area contributed by atoms with Crippen molar-refractivity contribution < 1.29 is 75.8 Å². The van der Waals surface area contributed by atoms with Gasteiger partial charge in [-0.15, -0.1) is 0 Å². The Morgan fingerprint density at radius 1 is 0.257 bits per heavy atom. The molecule has 18 heteroatoms. The molecule has 0 aromatic rings. The number of phosphoric ester groups is 2. The second-order valence-electron chi connectivity index (χ2n) is 27.5. The van der Waals surface area contributed by atoms with Gasteiger partial charge in [-0.2, -0.15) is 0 Å². The summed E-state index contributed by atoms with van der Waals surface area (Å²) < 4.78 is 61.3. The van der Waals surface area contributed by atoms with Crippen molar-refractivity contribution in [3.63, 3.8) is 0 Å². The van der Waals surface area contributed by atoms with Crippen LogP contribution in [0.1, 0.15) is 316 Å². The number of hydrogen-bond acceptors (Lipinski definition) is 14. The van der Waals surface area contributed by atoms with Gasteiger partial charge in [0.2, 0.25) is 0 Å². The molecule has 0 saturated carbocycles. The summed E-state index contributed by atoms with van der Waals surface area (Å²) in [4.78, 5) is 58.8. The van der Waals surface area contributed by atoms with E-state index >= 15 is 0 Å². The van der Waals surface area contributed by atoms with Crippen molar-refractivity contribution in [3.05, 3.63) is 182 Å². The molecule has 0 fully saturated rings. The SMILES string of the molecule is CC/C=C\C/C=C\C/C=C\C/C=C\C/C=C\CCCCCCCCCCCCCCCCCC(=O)OCC(O)COP(=O)(O)OCC(O)COP(=O)(O)OCC(COC(=O)CCCCCCCCC/C=C\C/C=C\C/C=C\C/C=C\C/C=C\CC)OC(=O)CCCCC/C=C\C/C=C\C/C=C\C/C=C\C/C=C\CC. The molecule has 0 bridgehead atoms. The first-order valence-corrected chi connectivity index (χ1v) is 45.1. The lowest BCUT2D eigenvalue weighted by Crippen LogP contribution is -2.30. The first-order chi connectivity index (χ1) is 53.2. The van der Waals surface area contributed by atoms with Gasteiger partial charge in [0.15, 0.2) is 6.10 Å². The molecule has 0 aliphatic rings. The van der Waals surface area contributed by atoms with Gasteiger partial charge in [0.05, 0.1) is 26.4 Å². The molecule has 0 spiro atoms. The third-order valence-corrected chi connectivity index (χ3v) is 19.0. The summed E-state index contributed by atoms with van der Waals surface area (Å²) in [7, 11) is -9.82. The minimum Gasteiger partial charge on any atom is -0.463 e. The Kier molecular flexibility index (Phi) is 78.1. The molecule has 0 aromatic heterocycles. The van der Waals surface area contributed by atoms with Gasteiger partial charge in [0.25, 0.3) is 0 Å². The van der Waals surface area contributed by atoms with Gasteiger partial charge in [-0.3, -0.25) is 32.5 Å². The smallest absolute Gasteiger partial charge is 0.463 e. The number of rotatable bonds is 78. The molecule has 0 aliphatic heterocycles. The van der Waals surface area contributed by atoms with Gasteiger partial charge in [0.1, 0.15) is 25.4 Å². The van der Waals surface area contributed by atoms with E-state index in [4.69, 9.17) is 32.3 Å². The Balaban J connectivity index is 4.60. The Labute approximate surface area is 662 Å². The van der Waals surface area contributed by atoms with E-state index in [1.165, 1.54) is 77.0 Å². The van der Waals surface area contributed by atoms with E-state index in [1.54, 1.807) is 0 Å². The van der Waals surface area contributed by atoms with Gasteiger partial charge in [-0.05, 0) is 154 Å². The van der Waals surface area contributed by atoms with Crippen LogP contribution in [0.3, 0.4) is 0 Å². The summed E-state index contributed by atoms with van der Waals surface area (Å²) in [6, 6.07) is 0. The fourth-order valence-electron chi connectivity index (χ4n) is 10.8. The maximum atomic E-state index is 13.0. The number of hydrogen-bond donors (Lipinski definition) is 4. The molecule has 0 aromatic carbocycles.